The van der Waals surface area contributed by atoms with E-state index in [2.05, 4.69) is 0 Å². The molecule has 5 heavy (non-hydrogen) atoms. The topological polar surface area (TPSA) is 0 Å². The van der Waals surface area contributed by atoms with Gasteiger partial charge in [-0.15, -0.1) is 0 Å². The summed E-state index contributed by atoms with van der Waals surface area (Å²) in [6.07, 6.45) is 0. The van der Waals surface area contributed by atoms with Gasteiger partial charge in [-0.2, -0.15) is 0 Å². The summed E-state index contributed by atoms with van der Waals surface area (Å²) in [4.78, 5) is 0. The van der Waals surface area contributed by atoms with E-state index in [0.29, 0.717) is 0 Å². The zero-order valence-corrected chi connectivity index (χ0v) is 15.6. The van der Waals surface area contributed by atoms with E-state index in [0.717, 1.165) is 0 Å². The van der Waals surface area contributed by atoms with Crippen LogP contribution in [0.1, 0.15) is 0 Å². The first kappa shape index (κ1) is 33.5. The Morgan fingerprint density at radius 2 is 1.00 bits per heavy atom. The van der Waals surface area contributed by atoms with Gasteiger partial charge in [0.1, 0.15) is 0 Å². The van der Waals surface area contributed by atoms with Crippen LogP contribution >= 0.6 is 0 Å². The van der Waals surface area contributed by atoms with Gasteiger partial charge >= 0.3 is 87.8 Å². The van der Waals surface area contributed by atoms with E-state index >= 15 is 0 Å². The predicted molar refractivity (Wildman–Crippen MR) is 0 cm³/mol. The van der Waals surface area contributed by atoms with Crippen LogP contribution in [0.25, 0.3) is 0 Å². The van der Waals surface area contributed by atoms with Crippen molar-refractivity contribution in [2.75, 3.05) is 0 Å². The second-order valence-electron chi connectivity index (χ2n) is 0. The Morgan fingerprint density at radius 3 is 1.00 bits per heavy atom. The number of rotatable bonds is 0. The second kappa shape index (κ2) is 23.5. The zero-order valence-electron chi connectivity index (χ0n) is 3.33. The largest absolute Gasteiger partial charge is 1.00 e. The van der Waals surface area contributed by atoms with Crippen LogP contribution in [0.3, 0.4) is 0 Å². The number of halogens is 2. The van der Waals surface area contributed by atoms with Gasteiger partial charge in [-0.1, -0.05) is 0 Å². The first-order valence-electron chi connectivity index (χ1n) is 0. The van der Waals surface area contributed by atoms with Crippen molar-refractivity contribution in [2.24, 2.45) is 0 Å². The molecule has 0 aliphatic carbocycles. The van der Waals surface area contributed by atoms with E-state index in [1.165, 1.54) is 0 Å². The average Bonchev–Trinajstić information content (AvgIpc) is 0. The third-order valence-electron chi connectivity index (χ3n) is 0. The van der Waals surface area contributed by atoms with Crippen molar-refractivity contribution >= 4 is 0 Å². The van der Waals surface area contributed by atoms with Gasteiger partial charge in [0.05, 0.1) is 0 Å². The normalized spacial score (nSPS) is 0. The maximum absolute atomic E-state index is 0. The monoisotopic (exact) mass is 393 g/mol. The Morgan fingerprint density at radius 1 is 1.00 bits per heavy atom. The minimum Gasteiger partial charge on any atom is -1.00 e. The average molecular weight is 394 g/mol. The van der Waals surface area contributed by atoms with Crippen molar-refractivity contribution in [3.05, 3.63) is 0 Å². The molecule has 0 N–H and O–H groups in total. The molecule has 0 aromatic heterocycles. The molecule has 0 unspecified atom stereocenters. The molecule has 0 aliphatic heterocycles. The van der Waals surface area contributed by atoms with Gasteiger partial charge < -0.3 is 29.4 Å². The maximum atomic E-state index is 0. The summed E-state index contributed by atoms with van der Waals surface area (Å²) >= 11 is 0. The van der Waals surface area contributed by atoms with Crippen LogP contribution in [0.15, 0.2) is 0 Å². The van der Waals surface area contributed by atoms with E-state index in [1.54, 1.807) is 0 Å². The summed E-state index contributed by atoms with van der Waals surface area (Å²) in [6, 6.07) is 0. The zero-order chi connectivity index (χ0) is 0. The van der Waals surface area contributed by atoms with Crippen LogP contribution < -0.4 is 117 Å². The van der Waals surface area contributed by atoms with Gasteiger partial charge in [-0.25, -0.2) is 0 Å². The molecule has 0 heterocycles. The molecule has 0 saturated heterocycles. The molecular weight excluding hydrogens is 394 g/mol. The molecule has 0 bridgehead atoms. The van der Waals surface area contributed by atoms with Gasteiger partial charge in [0.25, 0.3) is 0 Å². The molecule has 1 radical (unpaired) electrons. The molecular formula is BrClCsLaLi. The smallest absolute Gasteiger partial charge is 1.00 e. The van der Waals surface area contributed by atoms with Crippen molar-refractivity contribution < 1.29 is 153 Å². The van der Waals surface area contributed by atoms with Crippen molar-refractivity contribution in [2.45, 2.75) is 0 Å². The Bertz CT molecular complexity index is 11.6. The third-order valence-corrected chi connectivity index (χ3v) is 0. The molecule has 0 amide bonds. The summed E-state index contributed by atoms with van der Waals surface area (Å²) in [5.41, 5.74) is 0. The van der Waals surface area contributed by atoms with Crippen LogP contribution in [0.2, 0.25) is 0 Å². The molecule has 0 aromatic carbocycles. The molecule has 0 aromatic rings. The summed E-state index contributed by atoms with van der Waals surface area (Å²) in [5, 5.41) is 0. The van der Waals surface area contributed by atoms with Crippen molar-refractivity contribution in [1.29, 1.82) is 0 Å². The van der Waals surface area contributed by atoms with E-state index < -0.39 is 0 Å². The standard InChI is InChI=1S/BrH.ClH.Cs.La.Li/h2*1H;;;/q;;+1;;+1/p-2. The fraction of sp³-hybridized carbons (Fsp3) is 0. The van der Waals surface area contributed by atoms with E-state index in [1.807, 2.05) is 0 Å². The van der Waals surface area contributed by atoms with Crippen LogP contribution in [0.4, 0.5) is 0 Å². The molecule has 5 heteroatoms. The molecule has 0 rings (SSSR count). The van der Waals surface area contributed by atoms with Gasteiger partial charge in [-0.05, 0) is 0 Å². The summed E-state index contributed by atoms with van der Waals surface area (Å²) in [5.74, 6) is 0. The summed E-state index contributed by atoms with van der Waals surface area (Å²) in [6.45, 7) is 0. The molecule has 0 nitrogen and oxygen atoms in total. The molecule has 0 fully saturated rings. The number of hydrogen-bond acceptors (Lipinski definition) is 0. The Kier molecular flexibility index (Phi) is 157. The second-order valence-corrected chi connectivity index (χ2v) is 0. The molecule has 0 atom stereocenters. The first-order valence-corrected chi connectivity index (χ1v) is 0. The van der Waals surface area contributed by atoms with Crippen LogP contribution in [0, 0.1) is 35.6 Å². The molecule has 0 spiro atoms. The number of hydrogen-bond donors (Lipinski definition) is 0. The fourth-order valence-electron chi connectivity index (χ4n) is 0. The minimum atomic E-state index is 0. The van der Waals surface area contributed by atoms with Crippen molar-refractivity contribution in [1.82, 2.24) is 0 Å². The summed E-state index contributed by atoms with van der Waals surface area (Å²) < 4.78 is 0. The first-order chi connectivity index (χ1) is 0. The quantitative estimate of drug-likeness (QED) is 0.359. The minimum absolute atomic E-state index is 0. The Hall–Kier alpha value is 4.61. The summed E-state index contributed by atoms with van der Waals surface area (Å²) in [7, 11) is 0. The fourth-order valence-corrected chi connectivity index (χ4v) is 0. The van der Waals surface area contributed by atoms with E-state index in [4.69, 9.17) is 0 Å². The van der Waals surface area contributed by atoms with Gasteiger partial charge in [0, 0.05) is 35.6 Å². The van der Waals surface area contributed by atoms with Crippen molar-refractivity contribution in [3.63, 3.8) is 0 Å². The molecule has 19 valence electrons. The van der Waals surface area contributed by atoms with Gasteiger partial charge in [-0.3, -0.25) is 0 Å². The predicted octanol–water partition coefficient (Wildman–Crippen LogP) is -12.0. The van der Waals surface area contributed by atoms with Crippen molar-refractivity contribution in [3.8, 4) is 0 Å². The van der Waals surface area contributed by atoms with Crippen LogP contribution in [-0.2, 0) is 0 Å². The van der Waals surface area contributed by atoms with Crippen LogP contribution in [-0.4, -0.2) is 0 Å². The maximum Gasteiger partial charge on any atom is 1.00 e. The van der Waals surface area contributed by atoms with E-state index in [-0.39, 0.29) is 153 Å². The SMILES string of the molecule is [Br-].[Cl-].[Cs+].[La].[Li+]. The third kappa shape index (κ3) is 17.7. The Balaban J connectivity index is 0. The van der Waals surface area contributed by atoms with Gasteiger partial charge in [0.15, 0.2) is 0 Å². The molecule has 0 aliphatic rings. The van der Waals surface area contributed by atoms with Crippen LogP contribution in [0.5, 0.6) is 0 Å². The van der Waals surface area contributed by atoms with Gasteiger partial charge in [0.2, 0.25) is 0 Å². The van der Waals surface area contributed by atoms with E-state index in [9.17, 15) is 0 Å². The molecule has 0 saturated carbocycles. The Labute approximate surface area is 148 Å².